The van der Waals surface area contributed by atoms with Gasteiger partial charge in [-0.25, -0.2) is 4.79 Å². The van der Waals surface area contributed by atoms with Crippen molar-refractivity contribution < 1.29 is 19.0 Å². The van der Waals surface area contributed by atoms with Crippen molar-refractivity contribution >= 4 is 17.4 Å². The van der Waals surface area contributed by atoms with E-state index in [1.807, 2.05) is 6.07 Å². The Morgan fingerprint density at radius 2 is 1.83 bits per heavy atom. The lowest BCUT2D eigenvalue weighted by Crippen LogP contribution is -2.33. The van der Waals surface area contributed by atoms with Gasteiger partial charge in [0.05, 0.1) is 25.3 Å². The zero-order valence-corrected chi connectivity index (χ0v) is 21.1. The van der Waals surface area contributed by atoms with Gasteiger partial charge < -0.3 is 24.4 Å². The fourth-order valence-electron chi connectivity index (χ4n) is 4.87. The number of benzene rings is 2. The predicted molar refractivity (Wildman–Crippen MR) is 140 cm³/mol. The van der Waals surface area contributed by atoms with Gasteiger partial charge in [-0.3, -0.25) is 4.98 Å². The molecule has 0 saturated heterocycles. The molecular weight excluding hydrogens is 454 g/mol. The number of aromatic nitrogens is 1. The fourth-order valence-corrected chi connectivity index (χ4v) is 4.87. The maximum atomic E-state index is 12.5. The Balaban J connectivity index is 1.55. The largest absolute Gasteiger partial charge is 0.503 e. The molecule has 2 aliphatic heterocycles. The number of carbonyl (C=O) groups is 1. The zero-order valence-electron chi connectivity index (χ0n) is 21.1. The Hall–Kier alpha value is -4.26. The van der Waals surface area contributed by atoms with Gasteiger partial charge in [-0.2, -0.15) is 0 Å². The molecule has 1 aromatic heterocycles. The third-order valence-corrected chi connectivity index (χ3v) is 6.43. The van der Waals surface area contributed by atoms with Crippen LogP contribution in [-0.4, -0.2) is 35.6 Å². The van der Waals surface area contributed by atoms with Crippen molar-refractivity contribution in [2.75, 3.05) is 19.5 Å². The molecule has 184 valence electrons. The highest BCUT2D eigenvalue weighted by Gasteiger charge is 2.36. The number of pyridine rings is 1. The summed E-state index contributed by atoms with van der Waals surface area (Å²) in [6.45, 7) is 7.08. The molecule has 3 heterocycles. The Morgan fingerprint density at radius 1 is 1.08 bits per heavy atom. The number of rotatable bonds is 6. The summed E-state index contributed by atoms with van der Waals surface area (Å²) in [5, 5.41) is 3.65. The van der Waals surface area contributed by atoms with Crippen LogP contribution in [0.15, 0.2) is 72.9 Å². The van der Waals surface area contributed by atoms with Crippen LogP contribution in [0.3, 0.4) is 0 Å². The summed E-state index contributed by atoms with van der Waals surface area (Å²) in [4.78, 5) is 18.7. The lowest BCUT2D eigenvalue weighted by Gasteiger charge is -2.33. The molecule has 0 saturated carbocycles. The zero-order chi connectivity index (χ0) is 25.4. The van der Waals surface area contributed by atoms with Crippen molar-refractivity contribution in [1.29, 1.82) is 0 Å². The molecule has 3 aromatic rings. The monoisotopic (exact) mass is 483 g/mol. The van der Waals surface area contributed by atoms with E-state index in [1.165, 1.54) is 16.8 Å². The molecule has 0 aliphatic carbocycles. The van der Waals surface area contributed by atoms with Gasteiger partial charge in [-0.1, -0.05) is 6.07 Å². The second-order valence-corrected chi connectivity index (χ2v) is 9.46. The maximum Gasteiger partial charge on any atom is 0.343 e. The molecule has 0 fully saturated rings. The minimum Gasteiger partial charge on any atom is -0.503 e. The summed E-state index contributed by atoms with van der Waals surface area (Å²) >= 11 is 0. The third-order valence-electron chi connectivity index (χ3n) is 6.43. The molecule has 1 N–H and O–H groups in total. The molecule has 36 heavy (non-hydrogen) atoms. The summed E-state index contributed by atoms with van der Waals surface area (Å²) in [6, 6.07) is 13.0. The maximum absolute atomic E-state index is 12.5. The molecule has 7 nitrogen and oxygen atoms in total. The van der Waals surface area contributed by atoms with Crippen LogP contribution in [0.2, 0.25) is 0 Å². The molecule has 5 rings (SSSR count). The average molecular weight is 484 g/mol. The first-order valence-corrected chi connectivity index (χ1v) is 11.8. The number of ether oxygens (including phenoxy) is 3. The van der Waals surface area contributed by atoms with Gasteiger partial charge >= 0.3 is 5.97 Å². The fraction of sp³-hybridized carbons (Fsp3) is 0.241. The highest BCUT2D eigenvalue weighted by molar-refractivity contribution is 5.92. The van der Waals surface area contributed by atoms with E-state index in [1.54, 1.807) is 57.1 Å². The van der Waals surface area contributed by atoms with Gasteiger partial charge in [0.25, 0.3) is 0 Å². The van der Waals surface area contributed by atoms with Gasteiger partial charge in [0, 0.05) is 53.2 Å². The van der Waals surface area contributed by atoms with E-state index >= 15 is 0 Å². The van der Waals surface area contributed by atoms with Crippen LogP contribution in [0, 0.1) is 0 Å². The van der Waals surface area contributed by atoms with Crippen LogP contribution < -0.4 is 14.8 Å². The number of hydrogen-bond acceptors (Lipinski definition) is 7. The molecule has 0 unspecified atom stereocenters. The van der Waals surface area contributed by atoms with Crippen LogP contribution in [0.25, 0.3) is 16.8 Å². The van der Waals surface area contributed by atoms with Crippen molar-refractivity contribution in [2.24, 2.45) is 0 Å². The van der Waals surface area contributed by atoms with Gasteiger partial charge in [-0.05, 0) is 68.3 Å². The Labute approximate surface area is 211 Å². The minimum absolute atomic E-state index is 0.185. The average Bonchev–Trinajstić information content (AvgIpc) is 3.24. The molecule has 0 atom stereocenters. The lowest BCUT2D eigenvalue weighted by molar-refractivity contribution is 0.0734. The van der Waals surface area contributed by atoms with Gasteiger partial charge in [-0.15, -0.1) is 0 Å². The normalized spacial score (nSPS) is 15.5. The van der Waals surface area contributed by atoms with E-state index in [2.05, 4.69) is 54.2 Å². The predicted octanol–water partition coefficient (Wildman–Crippen LogP) is 5.84. The topological polar surface area (TPSA) is 72.9 Å². The van der Waals surface area contributed by atoms with E-state index in [-0.39, 0.29) is 5.54 Å². The Morgan fingerprint density at radius 3 is 2.56 bits per heavy atom. The standard InChI is InChI=1S/C29H29N3O4/c1-18(17-34-4)32-16-23-21(8-9-24-27(23)25(32)15-29(2,3)31-24)22-7-6-20(14-26(22)35-5)36-28(33)19-10-12-30-13-11-19/h6-15,17,31H,16H2,1-5H3/b18-17-. The lowest BCUT2D eigenvalue weighted by atomic mass is 9.89. The molecule has 0 amide bonds. The summed E-state index contributed by atoms with van der Waals surface area (Å²) in [7, 11) is 3.29. The van der Waals surface area contributed by atoms with E-state index in [0.29, 0.717) is 23.6 Å². The van der Waals surface area contributed by atoms with Crippen molar-refractivity contribution in [3.63, 3.8) is 0 Å². The van der Waals surface area contributed by atoms with Crippen molar-refractivity contribution in [1.82, 2.24) is 9.88 Å². The van der Waals surface area contributed by atoms with E-state index in [4.69, 9.17) is 14.2 Å². The van der Waals surface area contributed by atoms with E-state index in [9.17, 15) is 4.79 Å². The van der Waals surface area contributed by atoms with Crippen molar-refractivity contribution in [3.05, 3.63) is 89.6 Å². The molecule has 2 aromatic carbocycles. The molecule has 0 bridgehead atoms. The van der Waals surface area contributed by atoms with Crippen molar-refractivity contribution in [3.8, 4) is 22.6 Å². The van der Waals surface area contributed by atoms with E-state index < -0.39 is 5.97 Å². The number of hydrogen-bond donors (Lipinski definition) is 1. The number of methoxy groups -OCH3 is 2. The van der Waals surface area contributed by atoms with Crippen LogP contribution in [-0.2, 0) is 11.3 Å². The first-order chi connectivity index (χ1) is 17.3. The van der Waals surface area contributed by atoms with Crippen LogP contribution in [0.1, 0.15) is 42.3 Å². The molecule has 0 spiro atoms. The minimum atomic E-state index is -0.445. The Bertz CT molecular complexity index is 1390. The summed E-state index contributed by atoms with van der Waals surface area (Å²) < 4.78 is 16.7. The van der Waals surface area contributed by atoms with Crippen LogP contribution in [0.5, 0.6) is 11.5 Å². The number of nitrogens with one attached hydrogen (secondary N) is 1. The summed E-state index contributed by atoms with van der Waals surface area (Å²) in [5.41, 5.74) is 7.93. The molecule has 7 heteroatoms. The van der Waals surface area contributed by atoms with Crippen LogP contribution >= 0.6 is 0 Å². The second-order valence-electron chi connectivity index (χ2n) is 9.46. The summed E-state index contributed by atoms with van der Waals surface area (Å²) in [5.74, 6) is 0.596. The number of anilines is 1. The quantitative estimate of drug-likeness (QED) is 0.268. The molecule has 0 radical (unpaired) electrons. The number of esters is 1. The SMILES string of the molecule is CO/C=C(/C)N1Cc2c(-c3ccc(OC(=O)c4ccncc4)cc3OC)ccc3c2C1=CC(C)(C)N3. The first kappa shape index (κ1) is 23.5. The molecular formula is C29H29N3O4. The third kappa shape index (κ3) is 4.17. The van der Waals surface area contributed by atoms with Gasteiger partial charge in [0.1, 0.15) is 17.8 Å². The summed E-state index contributed by atoms with van der Waals surface area (Å²) in [6.07, 6.45) is 7.16. The first-order valence-electron chi connectivity index (χ1n) is 11.8. The Kier molecular flexibility index (Phi) is 5.92. The highest BCUT2D eigenvalue weighted by Crippen LogP contribution is 2.49. The smallest absolute Gasteiger partial charge is 0.343 e. The number of carbonyl (C=O) groups excluding carboxylic acids is 1. The second kappa shape index (κ2) is 9.07. The van der Waals surface area contributed by atoms with E-state index in [0.717, 1.165) is 22.5 Å². The van der Waals surface area contributed by atoms with Gasteiger partial charge in [0.2, 0.25) is 0 Å². The number of nitrogens with zero attached hydrogens (tertiary/aromatic N) is 2. The molecule has 2 aliphatic rings. The van der Waals surface area contributed by atoms with Crippen molar-refractivity contribution in [2.45, 2.75) is 32.9 Å². The highest BCUT2D eigenvalue weighted by atomic mass is 16.5. The van der Waals surface area contributed by atoms with Crippen LogP contribution in [0.4, 0.5) is 5.69 Å². The van der Waals surface area contributed by atoms with Gasteiger partial charge in [0.15, 0.2) is 0 Å². The number of allylic oxidation sites excluding steroid dienone is 1.